The maximum atomic E-state index is 13.8. The number of carbonyl (C=O) groups is 2. The summed E-state index contributed by atoms with van der Waals surface area (Å²) in [7, 11) is 3.31. The molecule has 0 aromatic heterocycles. The Balaban J connectivity index is 1.93. The molecule has 1 heterocycles. The first kappa shape index (κ1) is 16.9. The molecule has 0 saturated heterocycles. The molecule has 0 spiro atoms. The molecule has 0 aliphatic carbocycles. The smallest absolute Gasteiger partial charge is 0.267 e. The summed E-state index contributed by atoms with van der Waals surface area (Å²) in [6.45, 7) is 1.80. The molecule has 1 atom stereocenters. The van der Waals surface area contributed by atoms with E-state index in [4.69, 9.17) is 4.84 Å². The first-order chi connectivity index (χ1) is 10.8. The Morgan fingerprint density at radius 1 is 1.39 bits per heavy atom. The highest BCUT2D eigenvalue weighted by Crippen LogP contribution is 2.27. The number of rotatable bonds is 5. The summed E-state index contributed by atoms with van der Waals surface area (Å²) in [4.78, 5) is 30.4. The molecule has 124 valence electrons. The molecule has 1 aliphatic heterocycles. The minimum absolute atomic E-state index is 0.0777. The van der Waals surface area contributed by atoms with Crippen LogP contribution in [-0.2, 0) is 14.4 Å². The van der Waals surface area contributed by atoms with E-state index in [-0.39, 0.29) is 31.2 Å². The fourth-order valence-electron chi connectivity index (χ4n) is 2.19. The Morgan fingerprint density at radius 3 is 2.74 bits per heavy atom. The fraction of sp³-hybridized carbons (Fsp3) is 0.438. The lowest BCUT2D eigenvalue weighted by Gasteiger charge is -2.20. The fourth-order valence-corrected chi connectivity index (χ4v) is 2.19. The Bertz CT molecular complexity index is 645. The van der Waals surface area contributed by atoms with Crippen LogP contribution in [0.1, 0.15) is 25.3 Å². The van der Waals surface area contributed by atoms with Crippen LogP contribution in [0.15, 0.2) is 29.4 Å². The molecule has 7 heteroatoms. The van der Waals surface area contributed by atoms with Gasteiger partial charge in [0.25, 0.3) is 5.91 Å². The van der Waals surface area contributed by atoms with Crippen molar-refractivity contribution in [3.63, 3.8) is 0 Å². The van der Waals surface area contributed by atoms with E-state index in [1.54, 1.807) is 39.2 Å². The van der Waals surface area contributed by atoms with E-state index < -0.39 is 11.4 Å². The van der Waals surface area contributed by atoms with Crippen LogP contribution in [0.5, 0.6) is 0 Å². The lowest BCUT2D eigenvalue weighted by Crippen LogP contribution is -2.45. The average Bonchev–Trinajstić information content (AvgIpc) is 2.91. The van der Waals surface area contributed by atoms with Crippen LogP contribution >= 0.6 is 0 Å². The van der Waals surface area contributed by atoms with Gasteiger partial charge in [-0.1, -0.05) is 23.4 Å². The van der Waals surface area contributed by atoms with Gasteiger partial charge in [0, 0.05) is 39.0 Å². The molecule has 0 unspecified atom stereocenters. The van der Waals surface area contributed by atoms with Crippen molar-refractivity contribution < 1.29 is 18.8 Å². The highest BCUT2D eigenvalue weighted by Gasteiger charge is 2.42. The second-order valence-corrected chi connectivity index (χ2v) is 5.81. The zero-order valence-corrected chi connectivity index (χ0v) is 13.4. The number of benzene rings is 1. The molecule has 0 radical (unpaired) electrons. The number of hydrogen-bond donors (Lipinski definition) is 1. The van der Waals surface area contributed by atoms with Gasteiger partial charge in [-0.3, -0.25) is 9.59 Å². The van der Waals surface area contributed by atoms with Gasteiger partial charge in [-0.25, -0.2) is 4.39 Å². The second-order valence-electron chi connectivity index (χ2n) is 5.81. The Morgan fingerprint density at radius 2 is 2.09 bits per heavy atom. The number of hydrogen-bond acceptors (Lipinski definition) is 4. The molecule has 1 aromatic carbocycles. The number of halogens is 1. The Kier molecular flexibility index (Phi) is 4.98. The van der Waals surface area contributed by atoms with E-state index in [0.29, 0.717) is 11.3 Å². The van der Waals surface area contributed by atoms with Gasteiger partial charge in [0.1, 0.15) is 5.82 Å². The SMILES string of the molecule is CN(C)C(=O)CCNC(=O)[C@]1(C)CC(c2ccccc2F)=NO1. The summed E-state index contributed by atoms with van der Waals surface area (Å²) in [5, 5.41) is 6.51. The molecular weight excluding hydrogens is 301 g/mol. The summed E-state index contributed by atoms with van der Waals surface area (Å²) in [5.74, 6) is -0.860. The predicted octanol–water partition coefficient (Wildman–Crippen LogP) is 1.30. The van der Waals surface area contributed by atoms with Gasteiger partial charge in [0.2, 0.25) is 11.5 Å². The molecule has 0 bridgehead atoms. The van der Waals surface area contributed by atoms with Crippen LogP contribution in [0, 0.1) is 5.82 Å². The van der Waals surface area contributed by atoms with E-state index in [1.807, 2.05) is 0 Å². The van der Waals surface area contributed by atoms with Crippen LogP contribution in [0.25, 0.3) is 0 Å². The van der Waals surface area contributed by atoms with Crippen molar-refractivity contribution in [3.05, 3.63) is 35.6 Å². The summed E-state index contributed by atoms with van der Waals surface area (Å²) in [6.07, 6.45) is 0.372. The van der Waals surface area contributed by atoms with Crippen LogP contribution in [0.3, 0.4) is 0 Å². The predicted molar refractivity (Wildman–Crippen MR) is 83.4 cm³/mol. The second kappa shape index (κ2) is 6.76. The Hall–Kier alpha value is -2.44. The monoisotopic (exact) mass is 321 g/mol. The zero-order valence-electron chi connectivity index (χ0n) is 13.4. The number of nitrogens with one attached hydrogen (secondary N) is 1. The third-order valence-electron chi connectivity index (χ3n) is 3.65. The van der Waals surface area contributed by atoms with Gasteiger partial charge >= 0.3 is 0 Å². The van der Waals surface area contributed by atoms with Crippen molar-refractivity contribution in [3.8, 4) is 0 Å². The van der Waals surface area contributed by atoms with Gasteiger partial charge in [-0.05, 0) is 13.0 Å². The summed E-state index contributed by atoms with van der Waals surface area (Å²) in [5.41, 5.74) is -0.476. The lowest BCUT2D eigenvalue weighted by molar-refractivity contribution is -0.141. The van der Waals surface area contributed by atoms with Crippen molar-refractivity contribution >= 4 is 17.5 Å². The molecule has 0 saturated carbocycles. The lowest BCUT2D eigenvalue weighted by atomic mass is 9.95. The van der Waals surface area contributed by atoms with Crippen LogP contribution in [0.2, 0.25) is 0 Å². The molecular formula is C16H20FN3O3. The van der Waals surface area contributed by atoms with E-state index in [9.17, 15) is 14.0 Å². The van der Waals surface area contributed by atoms with Crippen LogP contribution < -0.4 is 5.32 Å². The quantitative estimate of drug-likeness (QED) is 0.889. The molecule has 2 amide bonds. The van der Waals surface area contributed by atoms with Gasteiger partial charge in [0.15, 0.2) is 0 Å². The van der Waals surface area contributed by atoms with E-state index in [2.05, 4.69) is 10.5 Å². The van der Waals surface area contributed by atoms with Crippen LogP contribution in [-0.4, -0.2) is 48.7 Å². The third kappa shape index (κ3) is 3.85. The highest BCUT2D eigenvalue weighted by atomic mass is 19.1. The molecule has 23 heavy (non-hydrogen) atoms. The van der Waals surface area contributed by atoms with Gasteiger partial charge in [-0.15, -0.1) is 0 Å². The normalized spacial score (nSPS) is 19.7. The molecule has 0 fully saturated rings. The van der Waals surface area contributed by atoms with Crippen LogP contribution in [0.4, 0.5) is 4.39 Å². The van der Waals surface area contributed by atoms with E-state index in [0.717, 1.165) is 0 Å². The first-order valence-corrected chi connectivity index (χ1v) is 7.32. The maximum Gasteiger partial charge on any atom is 0.267 e. The number of carbonyl (C=O) groups excluding carboxylic acids is 2. The van der Waals surface area contributed by atoms with Crippen molar-refractivity contribution in [1.82, 2.24) is 10.2 Å². The largest absolute Gasteiger partial charge is 0.379 e. The van der Waals surface area contributed by atoms with Gasteiger partial charge in [-0.2, -0.15) is 0 Å². The number of amides is 2. The van der Waals surface area contributed by atoms with Crippen molar-refractivity contribution in [2.24, 2.45) is 5.16 Å². The standard InChI is InChI=1S/C16H20FN3O3/c1-16(15(22)18-9-8-14(21)20(2)3)10-13(19-23-16)11-6-4-5-7-12(11)17/h4-7H,8-10H2,1-3H3,(H,18,22)/t16-/m0/s1. The molecule has 2 rings (SSSR count). The summed E-state index contributed by atoms with van der Waals surface area (Å²) < 4.78 is 13.8. The third-order valence-corrected chi connectivity index (χ3v) is 3.65. The van der Waals surface area contributed by atoms with E-state index in [1.165, 1.54) is 11.0 Å². The molecule has 6 nitrogen and oxygen atoms in total. The van der Waals surface area contributed by atoms with Gasteiger partial charge < -0.3 is 15.1 Å². The zero-order chi connectivity index (χ0) is 17.0. The maximum absolute atomic E-state index is 13.8. The van der Waals surface area contributed by atoms with Gasteiger partial charge in [0.05, 0.1) is 5.71 Å². The van der Waals surface area contributed by atoms with E-state index >= 15 is 0 Å². The molecule has 1 N–H and O–H groups in total. The van der Waals surface area contributed by atoms with Crippen molar-refractivity contribution in [2.75, 3.05) is 20.6 Å². The average molecular weight is 321 g/mol. The topological polar surface area (TPSA) is 71.0 Å². The highest BCUT2D eigenvalue weighted by molar-refractivity contribution is 6.05. The van der Waals surface area contributed by atoms with Crippen molar-refractivity contribution in [2.45, 2.75) is 25.4 Å². The first-order valence-electron chi connectivity index (χ1n) is 7.32. The molecule has 1 aromatic rings. The Labute approximate surface area is 134 Å². The minimum atomic E-state index is -1.20. The minimum Gasteiger partial charge on any atom is -0.379 e. The summed E-state index contributed by atoms with van der Waals surface area (Å²) >= 11 is 0. The number of oxime groups is 1. The molecule has 1 aliphatic rings. The van der Waals surface area contributed by atoms with Crippen molar-refractivity contribution in [1.29, 1.82) is 0 Å². The summed E-state index contributed by atoms with van der Waals surface area (Å²) in [6, 6.07) is 6.21. The number of nitrogens with zero attached hydrogens (tertiary/aromatic N) is 2.